The average Bonchev–Trinajstić information content (AvgIpc) is 2.94. The number of fused-ring (bicyclic) bond motifs is 1. The second kappa shape index (κ2) is 7.23. The largest absolute Gasteiger partial charge is 0.302 e. The van der Waals surface area contributed by atoms with Crippen molar-refractivity contribution in [3.63, 3.8) is 0 Å². The maximum Gasteiger partial charge on any atom is 0.226 e. The van der Waals surface area contributed by atoms with Gasteiger partial charge >= 0.3 is 0 Å². The number of carbonyl (C=O) groups is 1. The lowest BCUT2D eigenvalue weighted by Gasteiger charge is -2.20. The van der Waals surface area contributed by atoms with Crippen LogP contribution in [-0.4, -0.2) is 29.4 Å². The van der Waals surface area contributed by atoms with Crippen molar-refractivity contribution in [2.24, 2.45) is 0 Å². The van der Waals surface area contributed by atoms with Gasteiger partial charge in [-0.05, 0) is 31.0 Å². The molecule has 1 aliphatic rings. The van der Waals surface area contributed by atoms with E-state index in [1.165, 1.54) is 16.0 Å². The van der Waals surface area contributed by atoms with E-state index >= 15 is 0 Å². The Hall–Kier alpha value is -1.72. The van der Waals surface area contributed by atoms with Crippen LogP contribution in [0.1, 0.15) is 35.0 Å². The van der Waals surface area contributed by atoms with E-state index in [2.05, 4.69) is 53.4 Å². The maximum atomic E-state index is 12.1. The number of carbonyl (C=O) groups excluding carboxylic acids is 1. The average molecular weight is 329 g/mol. The van der Waals surface area contributed by atoms with Crippen LogP contribution in [0.4, 0.5) is 5.13 Å². The Labute approximate surface area is 141 Å². The first-order chi connectivity index (χ1) is 11.1. The summed E-state index contributed by atoms with van der Waals surface area (Å²) in [7, 11) is 2.12. The minimum absolute atomic E-state index is 0.0454. The summed E-state index contributed by atoms with van der Waals surface area (Å²) < 4.78 is 0. The Bertz CT molecular complexity index is 678. The SMILES string of the molecule is CCc1ccc(CCC(=O)Nc2nc3c(s2)CN(C)CC3)cc1. The van der Waals surface area contributed by atoms with Crippen LogP contribution in [0.5, 0.6) is 0 Å². The van der Waals surface area contributed by atoms with Gasteiger partial charge in [0, 0.05) is 30.8 Å². The van der Waals surface area contributed by atoms with Gasteiger partial charge in [0.25, 0.3) is 0 Å². The zero-order valence-corrected chi connectivity index (χ0v) is 14.6. The van der Waals surface area contributed by atoms with Gasteiger partial charge in [-0.1, -0.05) is 31.2 Å². The molecule has 0 saturated heterocycles. The van der Waals surface area contributed by atoms with E-state index in [0.29, 0.717) is 6.42 Å². The second-order valence-corrected chi connectivity index (χ2v) is 7.18. The maximum absolute atomic E-state index is 12.1. The second-order valence-electron chi connectivity index (χ2n) is 6.09. The van der Waals surface area contributed by atoms with Crippen LogP contribution in [0.3, 0.4) is 0 Å². The molecule has 1 aromatic heterocycles. The van der Waals surface area contributed by atoms with Gasteiger partial charge in [0.2, 0.25) is 5.91 Å². The lowest BCUT2D eigenvalue weighted by atomic mass is 10.1. The van der Waals surface area contributed by atoms with Gasteiger partial charge in [0.15, 0.2) is 5.13 Å². The smallest absolute Gasteiger partial charge is 0.226 e. The van der Waals surface area contributed by atoms with Crippen molar-refractivity contribution in [1.29, 1.82) is 0 Å². The minimum Gasteiger partial charge on any atom is -0.302 e. The molecule has 0 spiro atoms. The Kier molecular flexibility index (Phi) is 5.08. The van der Waals surface area contributed by atoms with Gasteiger partial charge in [0.05, 0.1) is 5.69 Å². The highest BCUT2D eigenvalue weighted by molar-refractivity contribution is 7.15. The van der Waals surface area contributed by atoms with Crippen LogP contribution in [0.15, 0.2) is 24.3 Å². The van der Waals surface area contributed by atoms with Crippen LogP contribution in [-0.2, 0) is 30.6 Å². The molecule has 1 aliphatic heterocycles. The number of anilines is 1. The van der Waals surface area contributed by atoms with Crippen LogP contribution in [0, 0.1) is 0 Å². The van der Waals surface area contributed by atoms with E-state index in [9.17, 15) is 4.79 Å². The topological polar surface area (TPSA) is 45.2 Å². The van der Waals surface area contributed by atoms with E-state index in [1.54, 1.807) is 11.3 Å². The highest BCUT2D eigenvalue weighted by Crippen LogP contribution is 2.27. The van der Waals surface area contributed by atoms with E-state index in [1.807, 2.05) is 0 Å². The summed E-state index contributed by atoms with van der Waals surface area (Å²) in [6, 6.07) is 8.51. The molecule has 4 nitrogen and oxygen atoms in total. The van der Waals surface area contributed by atoms with Crippen LogP contribution >= 0.6 is 11.3 Å². The Balaban J connectivity index is 1.53. The molecule has 122 valence electrons. The Morgan fingerprint density at radius 2 is 2.04 bits per heavy atom. The van der Waals surface area contributed by atoms with Gasteiger partial charge in [-0.2, -0.15) is 0 Å². The lowest BCUT2D eigenvalue weighted by Crippen LogP contribution is -2.25. The fraction of sp³-hybridized carbons (Fsp3) is 0.444. The van der Waals surface area contributed by atoms with Crippen LogP contribution < -0.4 is 5.32 Å². The van der Waals surface area contributed by atoms with Gasteiger partial charge in [0.1, 0.15) is 0 Å². The number of nitrogens with zero attached hydrogens (tertiary/aromatic N) is 2. The van der Waals surface area contributed by atoms with E-state index in [4.69, 9.17) is 0 Å². The summed E-state index contributed by atoms with van der Waals surface area (Å²) >= 11 is 1.61. The van der Waals surface area contributed by atoms with Gasteiger partial charge in [-0.25, -0.2) is 4.98 Å². The van der Waals surface area contributed by atoms with Crippen molar-refractivity contribution in [3.8, 4) is 0 Å². The summed E-state index contributed by atoms with van der Waals surface area (Å²) in [5, 5.41) is 3.70. The molecule has 2 aromatic rings. The minimum atomic E-state index is 0.0454. The van der Waals surface area contributed by atoms with Crippen molar-refractivity contribution >= 4 is 22.4 Å². The summed E-state index contributed by atoms with van der Waals surface area (Å²) in [6.07, 6.45) is 3.28. The van der Waals surface area contributed by atoms with Crippen molar-refractivity contribution in [1.82, 2.24) is 9.88 Å². The fourth-order valence-electron chi connectivity index (χ4n) is 2.76. The molecule has 1 N–H and O–H groups in total. The number of hydrogen-bond donors (Lipinski definition) is 1. The van der Waals surface area contributed by atoms with Crippen molar-refractivity contribution in [2.75, 3.05) is 18.9 Å². The Morgan fingerprint density at radius 3 is 2.78 bits per heavy atom. The zero-order chi connectivity index (χ0) is 16.2. The predicted molar refractivity (Wildman–Crippen MR) is 94.9 cm³/mol. The molecule has 2 heterocycles. The summed E-state index contributed by atoms with van der Waals surface area (Å²) in [4.78, 5) is 20.3. The number of nitrogens with one attached hydrogen (secondary N) is 1. The molecule has 0 bridgehead atoms. The molecule has 0 fully saturated rings. The number of aromatic nitrogens is 1. The zero-order valence-electron chi connectivity index (χ0n) is 13.8. The molecule has 5 heteroatoms. The first kappa shape index (κ1) is 16.1. The first-order valence-electron chi connectivity index (χ1n) is 8.19. The molecule has 3 rings (SSSR count). The van der Waals surface area contributed by atoms with Gasteiger partial charge < -0.3 is 10.2 Å². The fourth-order valence-corrected chi connectivity index (χ4v) is 3.86. The van der Waals surface area contributed by atoms with E-state index in [-0.39, 0.29) is 5.91 Å². The number of hydrogen-bond acceptors (Lipinski definition) is 4. The highest BCUT2D eigenvalue weighted by atomic mass is 32.1. The molecule has 0 aliphatic carbocycles. The predicted octanol–water partition coefficient (Wildman–Crippen LogP) is 3.26. The third-order valence-corrected chi connectivity index (χ3v) is 5.24. The number of amides is 1. The molecule has 0 unspecified atom stereocenters. The van der Waals surface area contributed by atoms with E-state index in [0.717, 1.165) is 43.2 Å². The summed E-state index contributed by atoms with van der Waals surface area (Å²) in [5.74, 6) is 0.0454. The molecule has 0 saturated carbocycles. The molecule has 1 aromatic carbocycles. The normalized spacial score (nSPS) is 14.5. The number of benzene rings is 1. The summed E-state index contributed by atoms with van der Waals surface area (Å²) in [5.41, 5.74) is 3.69. The third-order valence-electron chi connectivity index (χ3n) is 4.24. The highest BCUT2D eigenvalue weighted by Gasteiger charge is 2.19. The van der Waals surface area contributed by atoms with Gasteiger partial charge in [-0.3, -0.25) is 4.79 Å². The molecule has 23 heavy (non-hydrogen) atoms. The molecule has 0 radical (unpaired) electrons. The first-order valence-corrected chi connectivity index (χ1v) is 9.00. The quantitative estimate of drug-likeness (QED) is 0.916. The number of thiazole rings is 1. The molecular formula is C18H23N3OS. The van der Waals surface area contributed by atoms with Crippen molar-refractivity contribution in [2.45, 2.75) is 39.2 Å². The standard InChI is InChI=1S/C18H23N3OS/c1-3-13-4-6-14(7-5-13)8-9-17(22)20-18-19-15-10-11-21(2)12-16(15)23-18/h4-7H,3,8-12H2,1-2H3,(H,19,20,22). The van der Waals surface area contributed by atoms with Crippen LogP contribution in [0.25, 0.3) is 0 Å². The number of rotatable bonds is 5. The number of likely N-dealkylation sites (N-methyl/N-ethyl adjacent to an activating group) is 1. The van der Waals surface area contributed by atoms with Crippen LogP contribution in [0.2, 0.25) is 0 Å². The molecular weight excluding hydrogens is 306 g/mol. The van der Waals surface area contributed by atoms with Gasteiger partial charge in [-0.15, -0.1) is 11.3 Å². The molecule has 0 atom stereocenters. The summed E-state index contributed by atoms with van der Waals surface area (Å²) in [6.45, 7) is 4.12. The monoisotopic (exact) mass is 329 g/mol. The number of aryl methyl sites for hydroxylation is 2. The van der Waals surface area contributed by atoms with E-state index < -0.39 is 0 Å². The Morgan fingerprint density at radius 1 is 1.30 bits per heavy atom. The van der Waals surface area contributed by atoms with Crippen molar-refractivity contribution < 1.29 is 4.79 Å². The lowest BCUT2D eigenvalue weighted by molar-refractivity contribution is -0.116. The van der Waals surface area contributed by atoms with Crippen molar-refractivity contribution in [3.05, 3.63) is 46.0 Å². The molecule has 1 amide bonds. The third kappa shape index (κ3) is 4.18.